The molecule has 0 bridgehead atoms. The summed E-state index contributed by atoms with van der Waals surface area (Å²) in [6, 6.07) is 7.53. The van der Waals surface area contributed by atoms with Crippen LogP contribution in [0.2, 0.25) is 0 Å². The molecule has 1 aromatic heterocycles. The molecule has 2 aromatic carbocycles. The summed E-state index contributed by atoms with van der Waals surface area (Å²) < 4.78 is 4.93. The highest BCUT2D eigenvalue weighted by Crippen LogP contribution is 2.36. The van der Waals surface area contributed by atoms with Crippen molar-refractivity contribution in [2.24, 2.45) is 5.10 Å². The zero-order chi connectivity index (χ0) is 21.8. The van der Waals surface area contributed by atoms with Gasteiger partial charge in [-0.25, -0.2) is 10.4 Å². The molecule has 3 rings (SSSR count). The van der Waals surface area contributed by atoms with Crippen molar-refractivity contribution in [1.82, 2.24) is 15.4 Å². The number of nitrogens with one attached hydrogen (secondary N) is 2. The molecule has 0 saturated carbocycles. The van der Waals surface area contributed by atoms with Crippen molar-refractivity contribution in [2.45, 2.75) is 24.3 Å². The Bertz CT molecular complexity index is 1140. The number of phenols is 1. The molecular weight excluding hydrogens is 410 g/mol. The second kappa shape index (κ2) is 8.82. The maximum atomic E-state index is 12.4. The predicted molar refractivity (Wildman–Crippen MR) is 113 cm³/mol. The maximum Gasteiger partial charge on any atom is 0.315 e. The number of ether oxygens (including phenoxy) is 1. The van der Waals surface area contributed by atoms with E-state index in [9.17, 15) is 20.0 Å². The van der Waals surface area contributed by atoms with E-state index in [0.29, 0.717) is 10.8 Å². The molecule has 30 heavy (non-hydrogen) atoms. The van der Waals surface area contributed by atoms with E-state index in [1.54, 1.807) is 30.0 Å². The molecule has 0 atom stereocenters. The van der Waals surface area contributed by atoms with Crippen LogP contribution in [0, 0.1) is 10.1 Å². The van der Waals surface area contributed by atoms with Crippen LogP contribution in [0.1, 0.15) is 29.8 Å². The molecular formula is C19H19N5O5S. The lowest BCUT2D eigenvalue weighted by Crippen LogP contribution is -2.17. The van der Waals surface area contributed by atoms with Gasteiger partial charge in [0.1, 0.15) is 0 Å². The van der Waals surface area contributed by atoms with Gasteiger partial charge in [-0.2, -0.15) is 5.10 Å². The average molecular weight is 429 g/mol. The fourth-order valence-corrected chi connectivity index (χ4v) is 3.39. The van der Waals surface area contributed by atoms with Crippen LogP contribution >= 0.6 is 11.8 Å². The molecule has 10 nitrogen and oxygen atoms in total. The number of thioether (sulfide) groups is 1. The highest BCUT2D eigenvalue weighted by molar-refractivity contribution is 7.99. The number of imidazole rings is 1. The van der Waals surface area contributed by atoms with E-state index in [1.807, 2.05) is 0 Å². The number of phenolic OH excluding ortho intramolecular Hbond substituents is 1. The van der Waals surface area contributed by atoms with Crippen molar-refractivity contribution < 1.29 is 19.6 Å². The quantitative estimate of drug-likeness (QED) is 0.226. The third kappa shape index (κ3) is 4.69. The zero-order valence-corrected chi connectivity index (χ0v) is 17.2. The van der Waals surface area contributed by atoms with Gasteiger partial charge in [0.2, 0.25) is 5.75 Å². The van der Waals surface area contributed by atoms with E-state index in [2.05, 4.69) is 34.3 Å². The molecule has 11 heteroatoms. The Morgan fingerprint density at radius 3 is 2.83 bits per heavy atom. The molecule has 0 fully saturated rings. The number of hydrogen-bond acceptors (Lipinski definition) is 8. The minimum absolute atomic E-state index is 0.0725. The summed E-state index contributed by atoms with van der Waals surface area (Å²) in [5.74, 6) is -1.11. The van der Waals surface area contributed by atoms with Crippen LogP contribution in [0.25, 0.3) is 11.0 Å². The minimum atomic E-state index is -0.737. The summed E-state index contributed by atoms with van der Waals surface area (Å²) in [5, 5.41) is 25.8. The number of rotatable bonds is 7. The molecule has 0 radical (unpaired) electrons. The van der Waals surface area contributed by atoms with Crippen LogP contribution in [0.4, 0.5) is 5.69 Å². The topological polar surface area (TPSA) is 143 Å². The number of nitrogens with zero attached hydrogens (tertiary/aromatic N) is 3. The number of H-pyrrole nitrogens is 1. The molecule has 0 aliphatic carbocycles. The number of methoxy groups -OCH3 is 1. The lowest BCUT2D eigenvalue weighted by atomic mass is 10.2. The third-order valence-electron chi connectivity index (χ3n) is 3.94. The molecule has 0 unspecified atom stereocenters. The van der Waals surface area contributed by atoms with Crippen molar-refractivity contribution in [3.05, 3.63) is 51.6 Å². The van der Waals surface area contributed by atoms with Crippen molar-refractivity contribution in [2.75, 3.05) is 7.11 Å². The normalized spacial score (nSPS) is 11.3. The Kier molecular flexibility index (Phi) is 6.21. The highest BCUT2D eigenvalue weighted by Gasteiger charge is 2.19. The first-order valence-electron chi connectivity index (χ1n) is 8.83. The lowest BCUT2D eigenvalue weighted by Gasteiger charge is -2.05. The smallest absolute Gasteiger partial charge is 0.315 e. The molecule has 0 aliphatic rings. The summed E-state index contributed by atoms with van der Waals surface area (Å²) in [6.45, 7) is 4.13. The number of fused-ring (bicyclic) bond motifs is 1. The summed E-state index contributed by atoms with van der Waals surface area (Å²) in [4.78, 5) is 30.3. The Morgan fingerprint density at radius 1 is 1.40 bits per heavy atom. The van der Waals surface area contributed by atoms with E-state index in [-0.39, 0.29) is 11.3 Å². The number of aromatic amines is 1. The highest BCUT2D eigenvalue weighted by atomic mass is 32.2. The number of hydrogen-bond donors (Lipinski definition) is 3. The molecule has 156 valence electrons. The third-order valence-corrected chi connectivity index (χ3v) is 4.83. The van der Waals surface area contributed by atoms with E-state index in [1.165, 1.54) is 19.4 Å². The molecule has 3 N–H and O–H groups in total. The first kappa shape index (κ1) is 21.1. The largest absolute Gasteiger partial charge is 0.500 e. The van der Waals surface area contributed by atoms with Gasteiger partial charge in [-0.05, 0) is 24.3 Å². The second-order valence-electron chi connectivity index (χ2n) is 6.49. The number of hydrazone groups is 1. The molecule has 0 spiro atoms. The molecule has 0 saturated heterocycles. The van der Waals surface area contributed by atoms with Gasteiger partial charge in [0.25, 0.3) is 5.91 Å². The van der Waals surface area contributed by atoms with Gasteiger partial charge < -0.3 is 14.8 Å². The van der Waals surface area contributed by atoms with Gasteiger partial charge in [0.15, 0.2) is 10.9 Å². The number of amides is 1. The van der Waals surface area contributed by atoms with E-state index >= 15 is 0 Å². The van der Waals surface area contributed by atoms with E-state index in [0.717, 1.165) is 22.3 Å². The number of aromatic nitrogens is 2. The minimum Gasteiger partial charge on any atom is -0.500 e. The molecule has 0 aliphatic heterocycles. The van der Waals surface area contributed by atoms with Gasteiger partial charge in [-0.15, -0.1) is 0 Å². The van der Waals surface area contributed by atoms with Crippen LogP contribution in [0.15, 0.2) is 40.6 Å². The standard InChI is InChI=1S/C19H19N5O5S/c1-10(2)30-19-21-13-5-4-12(8-14(13)22-19)18(26)23-20-9-11-6-15(24(27)28)17(25)16(7-11)29-3/h4-10,25H,1-3H3,(H,21,22)(H,23,26)/b20-9-. The van der Waals surface area contributed by atoms with Crippen LogP contribution in [0.3, 0.4) is 0 Å². The number of nitro benzene ring substituents is 1. The van der Waals surface area contributed by atoms with Crippen molar-refractivity contribution >= 4 is 40.6 Å². The number of aromatic hydroxyl groups is 1. The molecule has 1 amide bonds. The van der Waals surface area contributed by atoms with Gasteiger partial charge >= 0.3 is 5.69 Å². The fraction of sp³-hybridized carbons (Fsp3) is 0.211. The maximum absolute atomic E-state index is 12.4. The number of carbonyl (C=O) groups is 1. The van der Waals surface area contributed by atoms with Gasteiger partial charge in [0, 0.05) is 22.4 Å². The lowest BCUT2D eigenvalue weighted by molar-refractivity contribution is -0.386. The molecule has 3 aromatic rings. The van der Waals surface area contributed by atoms with Crippen molar-refractivity contribution in [3.8, 4) is 11.5 Å². The van der Waals surface area contributed by atoms with Crippen LogP contribution in [0.5, 0.6) is 11.5 Å². The Morgan fingerprint density at radius 2 is 2.17 bits per heavy atom. The van der Waals surface area contributed by atoms with Crippen molar-refractivity contribution in [3.63, 3.8) is 0 Å². The van der Waals surface area contributed by atoms with E-state index in [4.69, 9.17) is 4.74 Å². The van der Waals surface area contributed by atoms with Crippen LogP contribution in [-0.2, 0) is 0 Å². The van der Waals surface area contributed by atoms with E-state index < -0.39 is 22.3 Å². The predicted octanol–water partition coefficient (Wildman–Crippen LogP) is 3.45. The Hall–Kier alpha value is -3.60. The second-order valence-corrected chi connectivity index (χ2v) is 8.05. The van der Waals surface area contributed by atoms with Crippen LogP contribution in [-0.4, -0.2) is 44.5 Å². The fourth-order valence-electron chi connectivity index (χ4n) is 2.62. The summed E-state index contributed by atoms with van der Waals surface area (Å²) in [5.41, 5.74) is 3.97. The van der Waals surface area contributed by atoms with Crippen molar-refractivity contribution in [1.29, 1.82) is 0 Å². The summed E-state index contributed by atoms with van der Waals surface area (Å²) in [6.07, 6.45) is 1.22. The first-order chi connectivity index (χ1) is 14.3. The number of carbonyl (C=O) groups excluding carboxylic acids is 1. The van der Waals surface area contributed by atoms with Gasteiger partial charge in [-0.3, -0.25) is 14.9 Å². The summed E-state index contributed by atoms with van der Waals surface area (Å²) >= 11 is 1.59. The Labute approximate surface area is 175 Å². The zero-order valence-electron chi connectivity index (χ0n) is 16.4. The van der Waals surface area contributed by atoms with Gasteiger partial charge in [-0.1, -0.05) is 25.6 Å². The van der Waals surface area contributed by atoms with Crippen LogP contribution < -0.4 is 10.2 Å². The molecule has 1 heterocycles. The number of benzene rings is 2. The first-order valence-corrected chi connectivity index (χ1v) is 9.71. The monoisotopic (exact) mass is 429 g/mol. The Balaban J connectivity index is 1.76. The summed E-state index contributed by atoms with van der Waals surface area (Å²) in [7, 11) is 1.28. The van der Waals surface area contributed by atoms with Gasteiger partial charge in [0.05, 0.1) is 29.3 Å². The number of nitro groups is 1. The average Bonchev–Trinajstić information content (AvgIpc) is 3.09. The SMILES string of the molecule is COc1cc(/C=N\NC(=O)c2ccc3nc(SC(C)C)[nH]c3c2)cc([N+](=O)[O-])c1O.